The lowest BCUT2D eigenvalue weighted by atomic mass is 9.97. The van der Waals surface area contributed by atoms with Gasteiger partial charge in [0, 0.05) is 4.90 Å². The van der Waals surface area contributed by atoms with Crippen LogP contribution in [0.5, 0.6) is 0 Å². The zero-order chi connectivity index (χ0) is 24.7. The van der Waals surface area contributed by atoms with Gasteiger partial charge in [0.05, 0.1) is 16.6 Å². The van der Waals surface area contributed by atoms with E-state index in [1.807, 2.05) is 55.6 Å². The zero-order valence-corrected chi connectivity index (χ0v) is 21.7. The fourth-order valence-corrected chi connectivity index (χ4v) is 5.54. The van der Waals surface area contributed by atoms with Crippen molar-refractivity contribution < 1.29 is 13.2 Å². The molecule has 0 fully saturated rings. The summed E-state index contributed by atoms with van der Waals surface area (Å²) in [5, 5.41) is 3.07. The molecule has 180 valence electrons. The van der Waals surface area contributed by atoms with Crippen LogP contribution in [0, 0.1) is 12.8 Å². The third-order valence-corrected chi connectivity index (χ3v) is 8.03. The summed E-state index contributed by atoms with van der Waals surface area (Å²) in [4.78, 5) is 14.3. The van der Waals surface area contributed by atoms with Crippen molar-refractivity contribution in [3.05, 3.63) is 90.0 Å². The lowest BCUT2D eigenvalue weighted by Crippen LogP contribution is -2.42. The van der Waals surface area contributed by atoms with Gasteiger partial charge in [0.1, 0.15) is 6.54 Å². The van der Waals surface area contributed by atoms with Gasteiger partial charge in [-0.3, -0.25) is 9.10 Å². The monoisotopic (exact) mass is 496 g/mol. The minimum atomic E-state index is -3.95. The number of thioether (sulfide) groups is 1. The summed E-state index contributed by atoms with van der Waals surface area (Å²) in [5.41, 5.74) is 2.47. The van der Waals surface area contributed by atoms with Crippen molar-refractivity contribution in [2.24, 2.45) is 5.92 Å². The zero-order valence-electron chi connectivity index (χ0n) is 20.1. The Morgan fingerprint density at radius 1 is 0.941 bits per heavy atom. The van der Waals surface area contributed by atoms with Crippen molar-refractivity contribution in [2.75, 3.05) is 17.1 Å². The van der Waals surface area contributed by atoms with E-state index in [0.29, 0.717) is 11.6 Å². The molecule has 34 heavy (non-hydrogen) atoms. The van der Waals surface area contributed by atoms with Crippen molar-refractivity contribution in [3.8, 4) is 0 Å². The molecule has 7 heteroatoms. The van der Waals surface area contributed by atoms with Crippen molar-refractivity contribution >= 4 is 33.4 Å². The van der Waals surface area contributed by atoms with Crippen LogP contribution in [0.3, 0.4) is 0 Å². The fourth-order valence-electron chi connectivity index (χ4n) is 3.71. The first-order chi connectivity index (χ1) is 16.2. The van der Waals surface area contributed by atoms with Gasteiger partial charge in [-0.05, 0) is 67.5 Å². The number of aryl methyl sites for hydroxylation is 1. The van der Waals surface area contributed by atoms with E-state index in [4.69, 9.17) is 0 Å². The van der Waals surface area contributed by atoms with Gasteiger partial charge in [-0.2, -0.15) is 0 Å². The number of carbonyl (C=O) groups excluding carboxylic acids is 1. The predicted octanol–water partition coefficient (Wildman–Crippen LogP) is 5.82. The molecule has 0 aliphatic carbocycles. The second-order valence-electron chi connectivity index (χ2n) is 8.68. The van der Waals surface area contributed by atoms with Gasteiger partial charge >= 0.3 is 0 Å². The number of nitrogens with zero attached hydrogens (tertiary/aromatic N) is 1. The molecule has 0 aliphatic rings. The molecule has 5 nitrogen and oxygen atoms in total. The molecule has 0 unspecified atom stereocenters. The Kier molecular flexibility index (Phi) is 8.80. The topological polar surface area (TPSA) is 66.5 Å². The van der Waals surface area contributed by atoms with E-state index in [2.05, 4.69) is 19.2 Å². The third kappa shape index (κ3) is 6.64. The predicted molar refractivity (Wildman–Crippen MR) is 141 cm³/mol. The Hall–Kier alpha value is -2.77. The molecule has 0 saturated carbocycles. The fraction of sp³-hybridized carbons (Fsp3) is 0.296. The summed E-state index contributed by atoms with van der Waals surface area (Å²) in [6.07, 6.45) is 2.69. The maximum Gasteiger partial charge on any atom is 0.264 e. The molecule has 0 radical (unpaired) electrons. The van der Waals surface area contributed by atoms with Gasteiger partial charge in [-0.25, -0.2) is 8.42 Å². The maximum absolute atomic E-state index is 13.6. The molecule has 0 aliphatic heterocycles. The summed E-state index contributed by atoms with van der Waals surface area (Å²) in [7, 11) is -3.95. The number of anilines is 1. The number of carbonyl (C=O) groups is 1. The first-order valence-corrected chi connectivity index (χ1v) is 13.9. The maximum atomic E-state index is 13.6. The van der Waals surface area contributed by atoms with Gasteiger partial charge in [0.25, 0.3) is 10.0 Å². The number of hydrogen-bond acceptors (Lipinski definition) is 4. The third-order valence-electron chi connectivity index (χ3n) is 5.50. The standard InChI is InChI=1S/C27H32N2O3S2/c1-20(2)18-26(22-8-6-5-7-9-22)28-27(30)19-29(23-12-10-21(3)11-13-23)34(31,32)25-16-14-24(33-4)15-17-25/h5-17,20,26H,18-19H2,1-4H3,(H,28,30)/t26-/m1/s1. The molecule has 0 aromatic heterocycles. The van der Waals surface area contributed by atoms with E-state index in [1.165, 1.54) is 4.31 Å². The first kappa shape index (κ1) is 25.8. The van der Waals surface area contributed by atoms with Crippen molar-refractivity contribution in [3.63, 3.8) is 0 Å². The van der Waals surface area contributed by atoms with Crippen molar-refractivity contribution in [2.45, 2.75) is 43.0 Å². The molecule has 3 aromatic rings. The lowest BCUT2D eigenvalue weighted by molar-refractivity contribution is -0.120. The molecular weight excluding hydrogens is 464 g/mol. The van der Waals surface area contributed by atoms with Crippen LogP contribution >= 0.6 is 11.8 Å². The van der Waals surface area contributed by atoms with Crippen LogP contribution in [0.15, 0.2) is 88.7 Å². The highest BCUT2D eigenvalue weighted by molar-refractivity contribution is 7.98. The van der Waals surface area contributed by atoms with E-state index in [0.717, 1.165) is 22.4 Å². The molecule has 0 spiro atoms. The highest BCUT2D eigenvalue weighted by Crippen LogP contribution is 2.26. The smallest absolute Gasteiger partial charge is 0.264 e. The normalized spacial score (nSPS) is 12.4. The first-order valence-electron chi connectivity index (χ1n) is 11.3. The molecular formula is C27H32N2O3S2. The van der Waals surface area contributed by atoms with Gasteiger partial charge in [0.2, 0.25) is 5.91 Å². The van der Waals surface area contributed by atoms with E-state index in [9.17, 15) is 13.2 Å². The minimum Gasteiger partial charge on any atom is -0.348 e. The summed E-state index contributed by atoms with van der Waals surface area (Å²) >= 11 is 1.54. The molecule has 0 bridgehead atoms. The van der Waals surface area contributed by atoms with Crippen molar-refractivity contribution in [1.82, 2.24) is 5.32 Å². The summed E-state index contributed by atoms with van der Waals surface area (Å²) < 4.78 is 28.4. The minimum absolute atomic E-state index is 0.153. The quantitative estimate of drug-likeness (QED) is 0.359. The second kappa shape index (κ2) is 11.6. The van der Waals surface area contributed by atoms with Crippen LogP contribution in [0.4, 0.5) is 5.69 Å². The number of amides is 1. The summed E-state index contributed by atoms with van der Waals surface area (Å²) in [6, 6.07) is 23.5. The van der Waals surface area contributed by atoms with E-state index in [1.54, 1.807) is 48.2 Å². The largest absolute Gasteiger partial charge is 0.348 e. The second-order valence-corrected chi connectivity index (χ2v) is 11.4. The van der Waals surface area contributed by atoms with Crippen LogP contribution in [0.2, 0.25) is 0 Å². The molecule has 1 atom stereocenters. The van der Waals surface area contributed by atoms with Crippen molar-refractivity contribution in [1.29, 1.82) is 0 Å². The SMILES string of the molecule is CSc1ccc(S(=O)(=O)N(CC(=O)N[C@H](CC(C)C)c2ccccc2)c2ccc(C)cc2)cc1. The average molecular weight is 497 g/mol. The molecule has 0 saturated heterocycles. The Labute approximate surface area is 207 Å². The van der Waals surface area contributed by atoms with Crippen LogP contribution in [0.1, 0.15) is 37.4 Å². The van der Waals surface area contributed by atoms with E-state index >= 15 is 0 Å². The molecule has 1 amide bonds. The average Bonchev–Trinajstić information content (AvgIpc) is 2.83. The van der Waals surface area contributed by atoms with Crippen LogP contribution in [0.25, 0.3) is 0 Å². The van der Waals surface area contributed by atoms with Gasteiger partial charge in [0.15, 0.2) is 0 Å². The van der Waals surface area contributed by atoms with Gasteiger partial charge < -0.3 is 5.32 Å². The van der Waals surface area contributed by atoms with Crippen LogP contribution < -0.4 is 9.62 Å². The Balaban J connectivity index is 1.91. The number of nitrogens with one attached hydrogen (secondary N) is 1. The van der Waals surface area contributed by atoms with Crippen LogP contribution in [-0.2, 0) is 14.8 Å². The Morgan fingerprint density at radius 3 is 2.12 bits per heavy atom. The highest BCUT2D eigenvalue weighted by atomic mass is 32.2. The molecule has 3 rings (SSSR count). The van der Waals surface area contributed by atoms with E-state index < -0.39 is 10.0 Å². The van der Waals surface area contributed by atoms with Gasteiger partial charge in [-0.1, -0.05) is 61.9 Å². The summed E-state index contributed by atoms with van der Waals surface area (Å²) in [5.74, 6) is 0.0109. The molecule has 1 N–H and O–H groups in total. The number of hydrogen-bond donors (Lipinski definition) is 1. The molecule has 0 heterocycles. The number of benzene rings is 3. The lowest BCUT2D eigenvalue weighted by Gasteiger charge is -2.26. The van der Waals surface area contributed by atoms with E-state index in [-0.39, 0.29) is 23.4 Å². The summed E-state index contributed by atoms with van der Waals surface area (Å²) in [6.45, 7) is 5.83. The number of rotatable bonds is 10. The van der Waals surface area contributed by atoms with Crippen LogP contribution in [-0.4, -0.2) is 27.1 Å². The Bertz CT molecular complexity index is 1180. The Morgan fingerprint density at radius 2 is 1.56 bits per heavy atom. The molecule has 3 aromatic carbocycles. The number of sulfonamides is 1. The highest BCUT2D eigenvalue weighted by Gasteiger charge is 2.28. The van der Waals surface area contributed by atoms with Gasteiger partial charge in [-0.15, -0.1) is 11.8 Å².